The molecule has 0 radical (unpaired) electrons. The molecular formula is C72H120N6O50. The summed E-state index contributed by atoms with van der Waals surface area (Å²) in [6, 6.07) is -11.1. The van der Waals surface area contributed by atoms with Crippen molar-refractivity contribution in [3.05, 3.63) is 0 Å². The molecule has 6 amide bonds. The molecule has 10 aliphatic rings. The van der Waals surface area contributed by atoms with Gasteiger partial charge in [-0.15, -0.1) is 0 Å². The van der Waals surface area contributed by atoms with Gasteiger partial charge in [0.15, 0.2) is 62.9 Å². The molecule has 10 aliphatic heterocycles. The molecule has 56 heteroatoms. The lowest BCUT2D eigenvalue weighted by Crippen LogP contribution is -2.71. The van der Waals surface area contributed by atoms with Crippen molar-refractivity contribution in [3.8, 4) is 0 Å². The van der Waals surface area contributed by atoms with E-state index in [9.17, 15) is 156 Å². The molecule has 31 N–H and O–H groups in total. The van der Waals surface area contributed by atoms with Crippen molar-refractivity contribution >= 4 is 35.4 Å². The highest BCUT2D eigenvalue weighted by Crippen LogP contribution is 2.41. The van der Waals surface area contributed by atoms with Crippen molar-refractivity contribution in [3.63, 3.8) is 0 Å². The van der Waals surface area contributed by atoms with E-state index in [1.807, 2.05) is 0 Å². The zero-order valence-corrected chi connectivity index (χ0v) is 69.6. The van der Waals surface area contributed by atoms with Gasteiger partial charge in [-0.2, -0.15) is 0 Å². The van der Waals surface area contributed by atoms with Crippen LogP contribution in [0.1, 0.15) is 48.5 Å². The van der Waals surface area contributed by atoms with E-state index < -0.39 is 402 Å². The van der Waals surface area contributed by atoms with E-state index in [-0.39, 0.29) is 0 Å². The highest BCUT2D eigenvalue weighted by Gasteiger charge is 2.62. The Morgan fingerprint density at radius 2 is 0.484 bits per heavy atom. The van der Waals surface area contributed by atoms with Crippen molar-refractivity contribution in [1.82, 2.24) is 31.9 Å². The number of aliphatic hydroxyl groups is 25. The molecule has 0 aromatic carbocycles. The van der Waals surface area contributed by atoms with E-state index in [1.54, 1.807) is 0 Å². The fourth-order valence-electron chi connectivity index (χ4n) is 16.6. The fourth-order valence-corrected chi connectivity index (χ4v) is 16.6. The van der Waals surface area contributed by atoms with Crippen molar-refractivity contribution in [1.29, 1.82) is 0 Å². The molecule has 0 aromatic rings. The van der Waals surface area contributed by atoms with Gasteiger partial charge in [0.1, 0.15) is 238 Å². The zero-order chi connectivity index (χ0) is 94.4. The van der Waals surface area contributed by atoms with Crippen LogP contribution in [0.4, 0.5) is 0 Å². The summed E-state index contributed by atoms with van der Waals surface area (Å²) in [6.07, 6.45) is -90.6. The van der Waals surface area contributed by atoms with Gasteiger partial charge in [0.25, 0.3) is 0 Å². The number of carbonyl (C=O) groups is 6. The fraction of sp³-hybridized carbons (Fsp3) is 0.917. The number of hydrogen-bond acceptors (Lipinski definition) is 50. The summed E-state index contributed by atoms with van der Waals surface area (Å²) in [7, 11) is 0. The topological polar surface area (TPSA) is 856 Å². The minimum absolute atomic E-state index is 0.793. The first kappa shape index (κ1) is 105. The Bertz CT molecular complexity index is 3550. The van der Waals surface area contributed by atoms with Gasteiger partial charge in [-0.25, -0.2) is 0 Å². The van der Waals surface area contributed by atoms with Crippen LogP contribution < -0.4 is 31.9 Å². The summed E-state index contributed by atoms with van der Waals surface area (Å²) < 4.78 is 114. The number of rotatable bonds is 33. The Morgan fingerprint density at radius 1 is 0.219 bits per heavy atom. The lowest BCUT2D eigenvalue weighted by Gasteiger charge is -2.51. The van der Waals surface area contributed by atoms with Crippen molar-refractivity contribution < 1.29 is 246 Å². The first-order valence-corrected chi connectivity index (χ1v) is 41.0. The Labute approximate surface area is 726 Å². The normalized spacial score (nSPS) is 47.8. The predicted octanol–water partition coefficient (Wildman–Crippen LogP) is -20.9. The average Bonchev–Trinajstić information content (AvgIpc) is 0.764. The van der Waals surface area contributed by atoms with E-state index in [0.29, 0.717) is 0 Å². The summed E-state index contributed by atoms with van der Waals surface area (Å²) in [5.74, 6) is -5.42. The van der Waals surface area contributed by atoms with E-state index in [4.69, 9.17) is 90.0 Å². The number of nitrogens with one attached hydrogen (secondary N) is 6. The molecule has 10 saturated heterocycles. The van der Waals surface area contributed by atoms with E-state index in [0.717, 1.165) is 41.5 Å². The molecule has 0 aliphatic carbocycles. The molecule has 128 heavy (non-hydrogen) atoms. The number of ether oxygens (including phenoxy) is 19. The molecule has 50 atom stereocenters. The zero-order valence-electron chi connectivity index (χ0n) is 69.6. The second-order valence-corrected chi connectivity index (χ2v) is 32.5. The molecule has 738 valence electrons. The molecule has 0 saturated carbocycles. The minimum atomic E-state index is -2.63. The van der Waals surface area contributed by atoms with Gasteiger partial charge in [0.05, 0.1) is 65.6 Å². The number of hydrogen-bond donors (Lipinski definition) is 31. The van der Waals surface area contributed by atoms with Crippen LogP contribution in [0.25, 0.3) is 0 Å². The second-order valence-electron chi connectivity index (χ2n) is 32.5. The minimum Gasteiger partial charge on any atom is -0.394 e. The lowest BCUT2D eigenvalue weighted by atomic mass is 9.93. The maximum absolute atomic E-state index is 13.3. The summed E-state index contributed by atoms with van der Waals surface area (Å²) >= 11 is 0. The SMILES string of the molecule is CC(=O)N[C@H]1[C@H](O[C@H]2[C@H](O)[C@@H](NC(C)=O)C(O)O[C@@H]2CO[C@@H]2O[C@@H](C)[C@@H](O)[C@@H](O)[C@@H]2O)O[C@H](CO)[C@@H](O[C@@H]2O[C@H](CO[C@H]3O[C@H](CO)[C@@H](O)[C@H](O)[C@@H]3O[C@@H]3O[C@H](CO)[C@H](O)[C@H](O)[C@H]3NC(C)=O)[C@@H](O)[C@H](O[C@H]3O[C@H](CO)[C@@H](O)[C@H](O)[C@@H]3O[C@@H]3O[C@H](CO)[C@@H](O[C@@H]4O[C@H](CO)[C@@H](O[C@@H]5O[C@H](CO)[C@H](O)[C@H](O)[C@H]5NC(C)=O)[C@H](O)[C@H]4NC(C)=O)[C@H](O)[C@H]3NC(C)=O)[C@@H]2O)[C@@H]1O. The number of amides is 6. The van der Waals surface area contributed by atoms with Crippen LogP contribution in [0.5, 0.6) is 0 Å². The van der Waals surface area contributed by atoms with Crippen molar-refractivity contribution in [2.45, 2.75) is 355 Å². The largest absolute Gasteiger partial charge is 0.394 e. The van der Waals surface area contributed by atoms with E-state index >= 15 is 0 Å². The molecule has 0 aromatic heterocycles. The van der Waals surface area contributed by atoms with Gasteiger partial charge in [-0.3, -0.25) is 28.8 Å². The third-order valence-electron chi connectivity index (χ3n) is 23.2. The Hall–Kier alpha value is -4.94. The quantitative estimate of drug-likeness (QED) is 0.0290. The van der Waals surface area contributed by atoms with Crippen molar-refractivity contribution in [2.75, 3.05) is 59.5 Å². The first-order chi connectivity index (χ1) is 60.5. The van der Waals surface area contributed by atoms with Gasteiger partial charge in [0.2, 0.25) is 35.4 Å². The van der Waals surface area contributed by atoms with Crippen LogP contribution >= 0.6 is 0 Å². The monoisotopic (exact) mass is 1870 g/mol. The average molecular weight is 1870 g/mol. The van der Waals surface area contributed by atoms with E-state index in [1.165, 1.54) is 6.92 Å². The van der Waals surface area contributed by atoms with Crippen LogP contribution in [0.3, 0.4) is 0 Å². The Morgan fingerprint density at radius 3 is 0.852 bits per heavy atom. The highest BCUT2D eigenvalue weighted by molar-refractivity contribution is 5.75. The molecule has 56 nitrogen and oxygen atoms in total. The van der Waals surface area contributed by atoms with Gasteiger partial charge in [0, 0.05) is 41.5 Å². The van der Waals surface area contributed by atoms with Crippen LogP contribution in [-0.2, 0) is 119 Å². The highest BCUT2D eigenvalue weighted by atomic mass is 16.8. The summed E-state index contributed by atoms with van der Waals surface area (Å²) in [4.78, 5) is 76.9. The molecule has 0 bridgehead atoms. The molecule has 1 unspecified atom stereocenters. The Balaban J connectivity index is 0.974. The van der Waals surface area contributed by atoms with Gasteiger partial charge in [-0.05, 0) is 6.92 Å². The first-order valence-electron chi connectivity index (χ1n) is 41.0. The Kier molecular flexibility index (Phi) is 37.8. The van der Waals surface area contributed by atoms with Gasteiger partial charge >= 0.3 is 0 Å². The van der Waals surface area contributed by atoms with Gasteiger partial charge in [-0.1, -0.05) is 0 Å². The molecule has 10 rings (SSSR count). The lowest BCUT2D eigenvalue weighted by molar-refractivity contribution is -0.398. The molecule has 10 fully saturated rings. The van der Waals surface area contributed by atoms with Gasteiger partial charge < -0.3 is 250 Å². The predicted molar refractivity (Wildman–Crippen MR) is 398 cm³/mol. The summed E-state index contributed by atoms with van der Waals surface area (Å²) in [5.41, 5.74) is 0. The summed E-state index contributed by atoms with van der Waals surface area (Å²) in [5, 5.41) is 297. The second kappa shape index (κ2) is 46.1. The molecular weight excluding hydrogens is 1750 g/mol. The summed E-state index contributed by atoms with van der Waals surface area (Å²) in [6.45, 7) is -2.82. The standard InChI is InChI=1S/C72H120N6O50/c1-17-39(92)51(104)54(107)69(112-17)110-16-32-59(47(100)33(63(109)113-32)73-18(2)86)124-67-37(77-22(6)90)50(103)58(30(14-85)119-67)125-70-55(108)60(44(97)31(121-70)15-111-71-61(52(105)42(95)26(10-81)116-71)127-65-35(75-20(4)88)46(99)41(94)25(9-80)115-65)126-72-62(53(106)43(96)27(11-82)117-72)128-68-38(78-23(7)91)49(102)57(29(13-84)120-68)123-66-36(76-21(5)89)48(101)56(28(12-83)118-66)122-64-34(74-19(3)87)45(98)40(93)24(8-79)114-64/h17,24-72,79-85,92-109H,8-16H2,1-7H3,(H,73,86)(H,74,87)(H,75,88)(H,76,89)(H,77,90)(H,78,91)/t17-,24+,25+,26+,27+,28+,29+,30+,31+,32+,33+,34+,35+,36+,37+,38+,39+,40-,41-,42+,43+,44+,45+,46+,47+,48+,49+,50+,51+,52-,53-,54-,55-,56+,57+,58+,59+,60-,61-,62-,63?,64-,65-,66-,67-,68-,69+,70-,71-,72+/m0/s1. The van der Waals surface area contributed by atoms with Crippen LogP contribution in [0.15, 0.2) is 0 Å². The number of carbonyl (C=O) groups excluding carboxylic acids is 6. The number of aliphatic hydroxyl groups excluding tert-OH is 25. The third-order valence-corrected chi connectivity index (χ3v) is 23.2. The smallest absolute Gasteiger partial charge is 0.217 e. The third kappa shape index (κ3) is 23.8. The van der Waals surface area contributed by atoms with E-state index in [2.05, 4.69) is 31.9 Å². The maximum Gasteiger partial charge on any atom is 0.217 e. The van der Waals surface area contributed by atoms with Crippen LogP contribution in [-0.4, -0.2) is 529 Å². The molecule has 10 heterocycles. The van der Waals surface area contributed by atoms with Crippen molar-refractivity contribution in [2.24, 2.45) is 0 Å². The maximum atomic E-state index is 13.3. The van der Waals surface area contributed by atoms with Crippen LogP contribution in [0.2, 0.25) is 0 Å². The molecule has 0 spiro atoms. The van der Waals surface area contributed by atoms with Crippen LogP contribution in [0, 0.1) is 0 Å².